The zero-order chi connectivity index (χ0) is 16.7. The normalized spacial score (nSPS) is 11.8. The average molecular weight is 441 g/mol. The highest BCUT2D eigenvalue weighted by Crippen LogP contribution is 2.21. The van der Waals surface area contributed by atoms with E-state index < -0.39 is 0 Å². The van der Waals surface area contributed by atoms with Gasteiger partial charge in [-0.3, -0.25) is 4.68 Å². The molecule has 6 heteroatoms. The van der Waals surface area contributed by atoms with E-state index in [1.165, 1.54) is 5.56 Å². The van der Waals surface area contributed by atoms with Crippen LogP contribution < -0.4 is 10.6 Å². The number of nitrogens with one attached hydrogen (secondary N) is 2. The fraction of sp³-hybridized carbons (Fsp3) is 0.444. The first kappa shape index (κ1) is 20.5. The summed E-state index contributed by atoms with van der Waals surface area (Å²) in [7, 11) is 1.93. The molecule has 0 aliphatic rings. The Bertz CT molecular complexity index is 634. The third kappa shape index (κ3) is 5.81. The lowest BCUT2D eigenvalue weighted by Gasteiger charge is -2.26. The molecule has 2 rings (SSSR count). The smallest absolute Gasteiger partial charge is 0.191 e. The summed E-state index contributed by atoms with van der Waals surface area (Å²) < 4.78 is 1.85. The number of aliphatic imine (C=N–C) groups is 1. The Labute approximate surface area is 162 Å². The molecule has 0 unspecified atom stereocenters. The third-order valence-electron chi connectivity index (χ3n) is 3.92. The van der Waals surface area contributed by atoms with Crippen molar-refractivity contribution in [3.8, 4) is 0 Å². The fourth-order valence-corrected chi connectivity index (χ4v) is 2.35. The van der Waals surface area contributed by atoms with Gasteiger partial charge >= 0.3 is 0 Å². The Morgan fingerprint density at radius 1 is 1.17 bits per heavy atom. The maximum Gasteiger partial charge on any atom is 0.191 e. The Kier molecular flexibility index (Phi) is 8.24. The maximum atomic E-state index is 4.65. The van der Waals surface area contributed by atoms with Crippen LogP contribution in [0.1, 0.15) is 32.0 Å². The van der Waals surface area contributed by atoms with E-state index in [0.717, 1.165) is 24.7 Å². The van der Waals surface area contributed by atoms with Crippen LogP contribution in [-0.2, 0) is 19.0 Å². The minimum absolute atomic E-state index is 0. The van der Waals surface area contributed by atoms with E-state index in [-0.39, 0.29) is 29.4 Å². The fourth-order valence-electron chi connectivity index (χ4n) is 2.35. The quantitative estimate of drug-likeness (QED) is 0.412. The molecule has 0 radical (unpaired) electrons. The van der Waals surface area contributed by atoms with Crippen molar-refractivity contribution in [1.29, 1.82) is 0 Å². The molecule has 0 spiro atoms. The van der Waals surface area contributed by atoms with E-state index in [0.29, 0.717) is 6.54 Å². The second-order valence-electron chi connectivity index (χ2n) is 6.24. The van der Waals surface area contributed by atoms with Crippen molar-refractivity contribution in [1.82, 2.24) is 20.4 Å². The first-order chi connectivity index (χ1) is 11.0. The summed E-state index contributed by atoms with van der Waals surface area (Å²) >= 11 is 0. The van der Waals surface area contributed by atoms with Crippen LogP contribution in [-0.4, -0.2) is 28.8 Å². The largest absolute Gasteiger partial charge is 0.357 e. The molecular weight excluding hydrogens is 413 g/mol. The highest BCUT2D eigenvalue weighted by Gasteiger charge is 2.20. The van der Waals surface area contributed by atoms with Crippen LogP contribution in [0.2, 0.25) is 0 Å². The summed E-state index contributed by atoms with van der Waals surface area (Å²) in [6.07, 6.45) is 1.80. The molecule has 2 aromatic rings. The van der Waals surface area contributed by atoms with Crippen molar-refractivity contribution in [3.63, 3.8) is 0 Å². The monoisotopic (exact) mass is 441 g/mol. The Hall–Kier alpha value is -1.57. The number of benzene rings is 1. The zero-order valence-electron chi connectivity index (χ0n) is 14.9. The molecule has 0 aliphatic heterocycles. The van der Waals surface area contributed by atoms with E-state index in [1.54, 1.807) is 6.20 Å². The number of rotatable bonds is 6. The highest BCUT2D eigenvalue weighted by molar-refractivity contribution is 14.0. The van der Waals surface area contributed by atoms with Gasteiger partial charge in [0, 0.05) is 31.7 Å². The molecule has 0 fully saturated rings. The Morgan fingerprint density at radius 2 is 1.88 bits per heavy atom. The first-order valence-electron chi connectivity index (χ1n) is 8.07. The molecule has 0 atom stereocenters. The molecule has 1 aromatic heterocycles. The molecule has 0 aliphatic carbocycles. The first-order valence-corrected chi connectivity index (χ1v) is 8.07. The van der Waals surface area contributed by atoms with E-state index >= 15 is 0 Å². The Morgan fingerprint density at radius 3 is 2.46 bits per heavy atom. The van der Waals surface area contributed by atoms with Crippen LogP contribution in [0, 0.1) is 0 Å². The molecule has 2 N–H and O–H groups in total. The standard InChI is InChI=1S/C18H27N5.HI/c1-5-19-17(20-13-16-11-12-22-23(16)4)21-14-18(2,3)15-9-7-6-8-10-15;/h6-12H,5,13-14H2,1-4H3,(H2,19,20,21);1H. The number of hydrogen-bond acceptors (Lipinski definition) is 2. The predicted molar refractivity (Wildman–Crippen MR) is 111 cm³/mol. The number of guanidine groups is 1. The summed E-state index contributed by atoms with van der Waals surface area (Å²) in [6.45, 7) is 8.80. The molecular formula is C18H28IN5. The van der Waals surface area contributed by atoms with Crippen LogP contribution in [0.15, 0.2) is 47.6 Å². The molecule has 0 amide bonds. The van der Waals surface area contributed by atoms with Crippen molar-refractivity contribution < 1.29 is 0 Å². The van der Waals surface area contributed by atoms with Gasteiger partial charge < -0.3 is 10.6 Å². The van der Waals surface area contributed by atoms with Crippen LogP contribution in [0.3, 0.4) is 0 Å². The van der Waals surface area contributed by atoms with Crippen molar-refractivity contribution in [2.45, 2.75) is 32.7 Å². The van der Waals surface area contributed by atoms with Crippen LogP contribution in [0.4, 0.5) is 0 Å². The van der Waals surface area contributed by atoms with Gasteiger partial charge in [0.25, 0.3) is 0 Å². The Balaban J connectivity index is 0.00000288. The number of nitrogens with zero attached hydrogens (tertiary/aromatic N) is 3. The minimum atomic E-state index is 0. The van der Waals surface area contributed by atoms with Crippen LogP contribution >= 0.6 is 24.0 Å². The SMILES string of the molecule is CCNC(=NCc1ccnn1C)NCC(C)(C)c1ccccc1.I. The van der Waals surface area contributed by atoms with Gasteiger partial charge in [0.2, 0.25) is 0 Å². The summed E-state index contributed by atoms with van der Waals surface area (Å²) in [6, 6.07) is 12.5. The number of hydrogen-bond donors (Lipinski definition) is 2. The predicted octanol–water partition coefficient (Wildman–Crippen LogP) is 3.07. The summed E-state index contributed by atoms with van der Waals surface area (Å²) in [5.74, 6) is 0.831. The van der Waals surface area contributed by atoms with Gasteiger partial charge in [-0.05, 0) is 18.6 Å². The second kappa shape index (κ2) is 9.66. The highest BCUT2D eigenvalue weighted by atomic mass is 127. The molecule has 132 valence electrons. The van der Waals surface area contributed by atoms with Gasteiger partial charge in [-0.15, -0.1) is 24.0 Å². The van der Waals surface area contributed by atoms with Gasteiger partial charge in [0.05, 0.1) is 12.2 Å². The van der Waals surface area contributed by atoms with Gasteiger partial charge in [-0.25, -0.2) is 4.99 Å². The minimum Gasteiger partial charge on any atom is -0.357 e. The summed E-state index contributed by atoms with van der Waals surface area (Å²) in [5, 5.41) is 10.9. The van der Waals surface area contributed by atoms with Crippen LogP contribution in [0.5, 0.6) is 0 Å². The van der Waals surface area contributed by atoms with Crippen molar-refractivity contribution in [2.24, 2.45) is 12.0 Å². The van der Waals surface area contributed by atoms with Crippen molar-refractivity contribution >= 4 is 29.9 Å². The van der Waals surface area contributed by atoms with Gasteiger partial charge in [-0.2, -0.15) is 5.10 Å². The lowest BCUT2D eigenvalue weighted by Crippen LogP contribution is -2.43. The number of aryl methyl sites for hydroxylation is 1. The summed E-state index contributed by atoms with van der Waals surface area (Å²) in [4.78, 5) is 4.65. The van der Waals surface area contributed by atoms with Gasteiger partial charge in [0.15, 0.2) is 5.96 Å². The summed E-state index contributed by atoms with van der Waals surface area (Å²) in [5.41, 5.74) is 2.43. The van der Waals surface area contributed by atoms with Crippen LogP contribution in [0.25, 0.3) is 0 Å². The number of halogens is 1. The third-order valence-corrected chi connectivity index (χ3v) is 3.92. The van der Waals surface area contributed by atoms with E-state index in [4.69, 9.17) is 0 Å². The molecule has 24 heavy (non-hydrogen) atoms. The molecule has 0 bridgehead atoms. The average Bonchev–Trinajstić information content (AvgIpc) is 2.96. The van der Waals surface area contributed by atoms with Gasteiger partial charge in [0.1, 0.15) is 0 Å². The van der Waals surface area contributed by atoms with Gasteiger partial charge in [-0.1, -0.05) is 44.2 Å². The van der Waals surface area contributed by atoms with Crippen molar-refractivity contribution in [3.05, 3.63) is 53.9 Å². The molecule has 1 heterocycles. The molecule has 5 nitrogen and oxygen atoms in total. The zero-order valence-corrected chi connectivity index (χ0v) is 17.2. The molecule has 1 aromatic carbocycles. The lowest BCUT2D eigenvalue weighted by atomic mass is 9.85. The topological polar surface area (TPSA) is 54.2 Å². The molecule has 0 saturated heterocycles. The maximum absolute atomic E-state index is 4.65. The number of aromatic nitrogens is 2. The lowest BCUT2D eigenvalue weighted by molar-refractivity contribution is 0.508. The second-order valence-corrected chi connectivity index (χ2v) is 6.24. The van der Waals surface area contributed by atoms with Crippen molar-refractivity contribution in [2.75, 3.05) is 13.1 Å². The molecule has 0 saturated carbocycles. The van der Waals surface area contributed by atoms with E-state index in [9.17, 15) is 0 Å². The van der Waals surface area contributed by atoms with E-state index in [1.807, 2.05) is 23.9 Å². The van der Waals surface area contributed by atoms with E-state index in [2.05, 4.69) is 65.8 Å².